The van der Waals surface area contributed by atoms with Crippen LogP contribution in [0.4, 0.5) is 0 Å². The molecule has 0 aromatic carbocycles. The Morgan fingerprint density at radius 1 is 0.755 bits per heavy atom. The first-order chi connectivity index (χ1) is 23.6. The molecule has 1 aliphatic heterocycles. The predicted octanol–water partition coefficient (Wildman–Crippen LogP) is 6.35. The van der Waals surface area contributed by atoms with Gasteiger partial charge in [-0.05, 0) is 32.1 Å². The molecule has 1 fully saturated rings. The van der Waals surface area contributed by atoms with Gasteiger partial charge >= 0.3 is 16.4 Å². The SMILES string of the molecule is CCCC/C=C\CCCCCCCCOCC(COC1OC(CO)C(O)C(OS(=O)(=O)O)C1O)OC(=O)CCCCCCCCCCCC. The number of carbonyl (C=O) groups excluding carboxylic acids is 1. The van der Waals surface area contributed by atoms with E-state index in [9.17, 15) is 28.5 Å². The third-order valence-corrected chi connectivity index (χ3v) is 9.10. The molecular formula is C36H68O12S. The quantitative estimate of drug-likeness (QED) is 0.0262. The lowest BCUT2D eigenvalue weighted by atomic mass is 9.99. The number of aliphatic hydroxyl groups excluding tert-OH is 3. The van der Waals surface area contributed by atoms with Crippen molar-refractivity contribution in [2.45, 2.75) is 185 Å². The van der Waals surface area contributed by atoms with Gasteiger partial charge in [-0.1, -0.05) is 122 Å². The number of aliphatic hydroxyl groups is 3. The molecule has 290 valence electrons. The van der Waals surface area contributed by atoms with Crippen molar-refractivity contribution in [3.8, 4) is 0 Å². The zero-order chi connectivity index (χ0) is 36.2. The highest BCUT2D eigenvalue weighted by atomic mass is 32.3. The second-order valence-electron chi connectivity index (χ2n) is 13.2. The molecular weight excluding hydrogens is 656 g/mol. The van der Waals surface area contributed by atoms with Crippen LogP contribution in [-0.2, 0) is 38.3 Å². The van der Waals surface area contributed by atoms with Gasteiger partial charge < -0.3 is 34.3 Å². The van der Waals surface area contributed by atoms with Gasteiger partial charge in [0.2, 0.25) is 0 Å². The number of esters is 1. The van der Waals surface area contributed by atoms with Crippen LogP contribution in [0.15, 0.2) is 12.2 Å². The molecule has 1 saturated heterocycles. The molecule has 12 nitrogen and oxygen atoms in total. The number of hydrogen-bond donors (Lipinski definition) is 4. The molecule has 0 saturated carbocycles. The van der Waals surface area contributed by atoms with E-state index in [0.29, 0.717) is 13.0 Å². The molecule has 1 heterocycles. The fourth-order valence-electron chi connectivity index (χ4n) is 5.71. The van der Waals surface area contributed by atoms with E-state index in [0.717, 1.165) is 44.9 Å². The molecule has 1 rings (SSSR count). The molecule has 49 heavy (non-hydrogen) atoms. The van der Waals surface area contributed by atoms with E-state index in [1.165, 1.54) is 77.0 Å². The Bertz CT molecular complexity index is 931. The second kappa shape index (κ2) is 29.4. The monoisotopic (exact) mass is 724 g/mol. The van der Waals surface area contributed by atoms with Crippen LogP contribution in [0.1, 0.15) is 149 Å². The molecule has 0 aliphatic carbocycles. The smallest absolute Gasteiger partial charge is 0.397 e. The Balaban J connectivity index is 2.53. The van der Waals surface area contributed by atoms with Crippen molar-refractivity contribution in [1.29, 1.82) is 0 Å². The van der Waals surface area contributed by atoms with E-state index in [4.69, 9.17) is 23.5 Å². The van der Waals surface area contributed by atoms with Crippen LogP contribution in [-0.4, -0.2) is 97.5 Å². The molecule has 13 heteroatoms. The average molecular weight is 725 g/mol. The lowest BCUT2D eigenvalue weighted by molar-refractivity contribution is -0.301. The molecule has 0 radical (unpaired) electrons. The Morgan fingerprint density at radius 2 is 1.31 bits per heavy atom. The van der Waals surface area contributed by atoms with Crippen LogP contribution < -0.4 is 0 Å². The normalized spacial score (nSPS) is 22.1. The highest BCUT2D eigenvalue weighted by Crippen LogP contribution is 2.26. The predicted molar refractivity (Wildman–Crippen MR) is 188 cm³/mol. The first kappa shape index (κ1) is 45.9. The minimum absolute atomic E-state index is 0.0357. The van der Waals surface area contributed by atoms with Gasteiger partial charge in [0, 0.05) is 13.0 Å². The van der Waals surface area contributed by atoms with Crippen LogP contribution in [0.5, 0.6) is 0 Å². The average Bonchev–Trinajstić information content (AvgIpc) is 3.06. The van der Waals surface area contributed by atoms with E-state index in [2.05, 4.69) is 30.2 Å². The Hall–Kier alpha value is -1.16. The minimum atomic E-state index is -5.05. The summed E-state index contributed by atoms with van der Waals surface area (Å²) < 4.78 is 58.7. The third kappa shape index (κ3) is 23.8. The van der Waals surface area contributed by atoms with Crippen LogP contribution in [0, 0.1) is 0 Å². The van der Waals surface area contributed by atoms with Crippen molar-refractivity contribution in [2.75, 3.05) is 26.4 Å². The molecule has 0 bridgehead atoms. The van der Waals surface area contributed by atoms with E-state index in [1.54, 1.807) is 0 Å². The van der Waals surface area contributed by atoms with Crippen molar-refractivity contribution in [2.24, 2.45) is 0 Å². The zero-order valence-corrected chi connectivity index (χ0v) is 31.1. The van der Waals surface area contributed by atoms with Crippen molar-refractivity contribution in [3.05, 3.63) is 12.2 Å². The largest absolute Gasteiger partial charge is 0.457 e. The van der Waals surface area contributed by atoms with E-state index < -0.39 is 59.8 Å². The summed E-state index contributed by atoms with van der Waals surface area (Å²) in [5.41, 5.74) is 0. The number of rotatable bonds is 32. The maximum Gasteiger partial charge on any atom is 0.397 e. The molecule has 6 atom stereocenters. The molecule has 0 amide bonds. The fraction of sp³-hybridized carbons (Fsp3) is 0.917. The third-order valence-electron chi connectivity index (χ3n) is 8.64. The van der Waals surface area contributed by atoms with Gasteiger partial charge in [-0.2, -0.15) is 8.42 Å². The summed E-state index contributed by atoms with van der Waals surface area (Å²) in [6, 6.07) is 0. The van der Waals surface area contributed by atoms with Crippen molar-refractivity contribution < 1.29 is 56.2 Å². The molecule has 0 aromatic heterocycles. The second-order valence-corrected chi connectivity index (χ2v) is 14.2. The summed E-state index contributed by atoms with van der Waals surface area (Å²) in [6.07, 6.45) is 18.3. The van der Waals surface area contributed by atoms with Gasteiger partial charge in [0.05, 0.1) is 19.8 Å². The highest BCUT2D eigenvalue weighted by molar-refractivity contribution is 7.80. The van der Waals surface area contributed by atoms with Gasteiger partial charge in [-0.15, -0.1) is 0 Å². The summed E-state index contributed by atoms with van der Waals surface area (Å²) in [5.74, 6) is -0.404. The van der Waals surface area contributed by atoms with Gasteiger partial charge in [0.15, 0.2) is 6.29 Å². The molecule has 6 unspecified atom stereocenters. The molecule has 0 aromatic rings. The maximum absolute atomic E-state index is 12.7. The maximum atomic E-state index is 12.7. The summed E-state index contributed by atoms with van der Waals surface area (Å²) in [4.78, 5) is 12.7. The summed E-state index contributed by atoms with van der Waals surface area (Å²) in [7, 11) is -5.05. The van der Waals surface area contributed by atoms with Crippen LogP contribution in [0.3, 0.4) is 0 Å². The number of carbonyl (C=O) groups is 1. The van der Waals surface area contributed by atoms with Crippen LogP contribution in [0.25, 0.3) is 0 Å². The first-order valence-electron chi connectivity index (χ1n) is 18.9. The van der Waals surface area contributed by atoms with Gasteiger partial charge in [-0.25, -0.2) is 4.18 Å². The molecule has 1 aliphatic rings. The highest BCUT2D eigenvalue weighted by Gasteiger charge is 2.48. The topological polar surface area (TPSA) is 178 Å². The molecule has 0 spiro atoms. The Labute approximate surface area is 296 Å². The lowest BCUT2D eigenvalue weighted by Gasteiger charge is -2.41. The van der Waals surface area contributed by atoms with Crippen molar-refractivity contribution >= 4 is 16.4 Å². The lowest BCUT2D eigenvalue weighted by Crippen LogP contribution is -2.60. The van der Waals surface area contributed by atoms with E-state index in [-0.39, 0.29) is 19.6 Å². The minimum Gasteiger partial charge on any atom is -0.457 e. The van der Waals surface area contributed by atoms with Crippen LogP contribution >= 0.6 is 0 Å². The number of ether oxygens (including phenoxy) is 4. The number of hydrogen-bond acceptors (Lipinski definition) is 11. The summed E-state index contributed by atoms with van der Waals surface area (Å²) in [6.45, 7) is 3.90. The van der Waals surface area contributed by atoms with Gasteiger partial charge in [0.25, 0.3) is 0 Å². The van der Waals surface area contributed by atoms with E-state index in [1.807, 2.05) is 0 Å². The Morgan fingerprint density at radius 3 is 1.90 bits per heavy atom. The van der Waals surface area contributed by atoms with Gasteiger partial charge in [0.1, 0.15) is 30.5 Å². The summed E-state index contributed by atoms with van der Waals surface area (Å²) >= 11 is 0. The Kier molecular flexibility index (Phi) is 27.5. The van der Waals surface area contributed by atoms with Crippen molar-refractivity contribution in [1.82, 2.24) is 0 Å². The standard InChI is InChI=1S/C36H68O12S/c1-3-5-7-9-11-13-15-16-18-20-22-24-26-44-28-30(46-32(38)25-23-21-19-17-14-12-10-8-6-4-2)29-45-36-34(40)35(48-49(41,42)43)33(39)31(27-37)47-36/h9,11,30-31,33-37,39-40H,3-8,10,12-29H2,1-2H3,(H,41,42,43)/b11-9-. The van der Waals surface area contributed by atoms with Crippen LogP contribution in [0.2, 0.25) is 0 Å². The number of allylic oxidation sites excluding steroid dienone is 2. The number of unbranched alkanes of at least 4 members (excludes halogenated alkanes) is 17. The zero-order valence-electron chi connectivity index (χ0n) is 30.3. The van der Waals surface area contributed by atoms with Gasteiger partial charge in [-0.3, -0.25) is 9.35 Å². The molecule has 4 N–H and O–H groups in total. The fourth-order valence-corrected chi connectivity index (χ4v) is 6.22. The summed E-state index contributed by atoms with van der Waals surface area (Å²) in [5, 5.41) is 30.5. The van der Waals surface area contributed by atoms with Crippen molar-refractivity contribution in [3.63, 3.8) is 0 Å². The first-order valence-corrected chi connectivity index (χ1v) is 20.3. The van der Waals surface area contributed by atoms with E-state index >= 15 is 0 Å².